The Morgan fingerprint density at radius 3 is 2.67 bits per heavy atom. The molecule has 0 bridgehead atoms. The lowest BCUT2D eigenvalue weighted by Gasteiger charge is -2.26. The topological polar surface area (TPSA) is 28.2 Å². The molecule has 2 heterocycles. The summed E-state index contributed by atoms with van der Waals surface area (Å²) in [7, 11) is 0. The first-order valence-corrected chi connectivity index (χ1v) is 8.61. The molecule has 0 amide bonds. The van der Waals surface area contributed by atoms with Crippen molar-refractivity contribution in [3.63, 3.8) is 0 Å². The number of aromatic nitrogens is 1. The second kappa shape index (κ2) is 6.89. The van der Waals surface area contributed by atoms with Crippen LogP contribution in [0.4, 0.5) is 0 Å². The second-order valence-corrected chi connectivity index (χ2v) is 7.27. The highest BCUT2D eigenvalue weighted by Crippen LogP contribution is 2.24. The van der Waals surface area contributed by atoms with Crippen LogP contribution in [0.3, 0.4) is 0 Å². The van der Waals surface area contributed by atoms with Gasteiger partial charge >= 0.3 is 0 Å². The van der Waals surface area contributed by atoms with Crippen LogP contribution in [0.25, 0.3) is 0 Å². The zero-order valence-corrected chi connectivity index (χ0v) is 13.2. The minimum atomic E-state index is 0.426. The van der Waals surface area contributed by atoms with Gasteiger partial charge in [-0.1, -0.05) is 0 Å². The molecule has 1 saturated heterocycles. The molecule has 0 saturated carbocycles. The summed E-state index contributed by atoms with van der Waals surface area (Å²) < 4.78 is 0. The minimum Gasteiger partial charge on any atom is -0.308 e. The average Bonchev–Trinajstić information content (AvgIpc) is 2.70. The summed E-state index contributed by atoms with van der Waals surface area (Å²) in [5, 5.41) is 4.79. The van der Waals surface area contributed by atoms with E-state index in [0.29, 0.717) is 6.04 Å². The van der Waals surface area contributed by atoms with E-state index in [9.17, 15) is 0 Å². The number of hydrogen-bond donors (Lipinski definition) is 1. The quantitative estimate of drug-likeness (QED) is 0.899. The van der Waals surface area contributed by atoms with Crippen LogP contribution in [0.1, 0.15) is 28.5 Å². The van der Waals surface area contributed by atoms with Crippen LogP contribution >= 0.6 is 23.1 Å². The van der Waals surface area contributed by atoms with Crippen LogP contribution in [0, 0.1) is 13.8 Å². The molecule has 5 heteroatoms. The Morgan fingerprint density at radius 1 is 1.33 bits per heavy atom. The summed E-state index contributed by atoms with van der Waals surface area (Å²) in [4.78, 5) is 8.44. The Hall–Kier alpha value is -0.100. The van der Waals surface area contributed by atoms with Crippen LogP contribution in [0.15, 0.2) is 0 Å². The summed E-state index contributed by atoms with van der Waals surface area (Å²) in [6, 6.07) is 0.426. The number of hydrogen-bond acceptors (Lipinski definition) is 5. The summed E-state index contributed by atoms with van der Waals surface area (Å²) in [5.41, 5.74) is 1.19. The van der Waals surface area contributed by atoms with Gasteiger partial charge in [-0.15, -0.1) is 11.3 Å². The third-order valence-corrected chi connectivity index (χ3v) is 5.51. The lowest BCUT2D eigenvalue weighted by molar-refractivity contribution is 0.297. The molecule has 0 aliphatic carbocycles. The van der Waals surface area contributed by atoms with E-state index in [1.807, 2.05) is 11.3 Å². The maximum atomic E-state index is 4.50. The molecule has 18 heavy (non-hydrogen) atoms. The Balaban J connectivity index is 1.74. The summed E-state index contributed by atoms with van der Waals surface area (Å²) in [6.07, 6.45) is 0. The number of thiazole rings is 1. The molecule has 1 unspecified atom stereocenters. The van der Waals surface area contributed by atoms with E-state index in [1.165, 1.54) is 46.7 Å². The first-order chi connectivity index (χ1) is 8.66. The molecule has 0 aromatic carbocycles. The smallest absolute Gasteiger partial charge is 0.0900 e. The van der Waals surface area contributed by atoms with Crippen molar-refractivity contribution in [3.8, 4) is 0 Å². The van der Waals surface area contributed by atoms with E-state index in [1.54, 1.807) is 0 Å². The van der Waals surface area contributed by atoms with Crippen molar-refractivity contribution in [2.75, 3.05) is 37.7 Å². The zero-order valence-electron chi connectivity index (χ0n) is 11.5. The normalized spacial score (nSPS) is 19.1. The van der Waals surface area contributed by atoms with E-state index in [-0.39, 0.29) is 0 Å². The molecule has 1 atom stereocenters. The van der Waals surface area contributed by atoms with E-state index in [2.05, 4.69) is 47.7 Å². The average molecular weight is 285 g/mol. The van der Waals surface area contributed by atoms with Gasteiger partial charge < -0.3 is 10.2 Å². The molecule has 102 valence electrons. The number of aryl methyl sites for hydroxylation is 2. The van der Waals surface area contributed by atoms with Crippen molar-refractivity contribution >= 4 is 23.1 Å². The van der Waals surface area contributed by atoms with Crippen molar-refractivity contribution in [3.05, 3.63) is 15.6 Å². The number of rotatable bonds is 5. The van der Waals surface area contributed by atoms with Gasteiger partial charge in [-0.2, -0.15) is 11.8 Å². The van der Waals surface area contributed by atoms with E-state index in [0.717, 1.165) is 6.54 Å². The Morgan fingerprint density at radius 2 is 2.06 bits per heavy atom. The van der Waals surface area contributed by atoms with Crippen LogP contribution in [-0.4, -0.2) is 47.6 Å². The van der Waals surface area contributed by atoms with Gasteiger partial charge in [0.25, 0.3) is 0 Å². The van der Waals surface area contributed by atoms with Gasteiger partial charge in [0.2, 0.25) is 0 Å². The third kappa shape index (κ3) is 3.95. The first-order valence-electron chi connectivity index (χ1n) is 6.64. The maximum absolute atomic E-state index is 4.50. The lowest BCUT2D eigenvalue weighted by atomic mass is 10.2. The van der Waals surface area contributed by atoms with Crippen molar-refractivity contribution < 1.29 is 0 Å². The largest absolute Gasteiger partial charge is 0.308 e. The standard InChI is InChI=1S/C13H23N3S2/c1-10(13-11(2)15-12(3)18-13)14-4-5-16-6-8-17-9-7-16/h10,14H,4-9H2,1-3H3. The molecule has 0 spiro atoms. The lowest BCUT2D eigenvalue weighted by Crippen LogP contribution is -2.38. The van der Waals surface area contributed by atoms with Gasteiger partial charge in [0.1, 0.15) is 0 Å². The fraction of sp³-hybridized carbons (Fsp3) is 0.769. The molecule has 1 aromatic heterocycles. The van der Waals surface area contributed by atoms with Crippen LogP contribution in [0.2, 0.25) is 0 Å². The fourth-order valence-electron chi connectivity index (χ4n) is 2.31. The fourth-order valence-corrected chi connectivity index (χ4v) is 4.24. The highest BCUT2D eigenvalue weighted by atomic mass is 32.2. The zero-order chi connectivity index (χ0) is 13.0. The Labute approximate surface area is 118 Å². The highest BCUT2D eigenvalue weighted by Gasteiger charge is 2.13. The summed E-state index contributed by atoms with van der Waals surface area (Å²) in [6.45, 7) is 11.2. The van der Waals surface area contributed by atoms with Gasteiger partial charge in [-0.05, 0) is 20.8 Å². The van der Waals surface area contributed by atoms with Crippen LogP contribution in [0.5, 0.6) is 0 Å². The first kappa shape index (κ1) is 14.3. The number of nitrogens with zero attached hydrogens (tertiary/aromatic N) is 2. The molecule has 2 rings (SSSR count). The molecule has 1 fully saturated rings. The van der Waals surface area contributed by atoms with Gasteiger partial charge in [-0.25, -0.2) is 4.98 Å². The molecule has 1 aliphatic heterocycles. The Kier molecular flexibility index (Phi) is 5.48. The number of thioether (sulfide) groups is 1. The van der Waals surface area contributed by atoms with Gasteiger partial charge in [0.15, 0.2) is 0 Å². The minimum absolute atomic E-state index is 0.426. The molecular weight excluding hydrogens is 262 g/mol. The van der Waals surface area contributed by atoms with Crippen LogP contribution in [-0.2, 0) is 0 Å². The molecule has 1 aliphatic rings. The molecule has 1 aromatic rings. The van der Waals surface area contributed by atoms with E-state index >= 15 is 0 Å². The van der Waals surface area contributed by atoms with Gasteiger partial charge in [-0.3, -0.25) is 0 Å². The van der Waals surface area contributed by atoms with E-state index in [4.69, 9.17) is 0 Å². The Bertz CT molecular complexity index is 372. The van der Waals surface area contributed by atoms with Gasteiger partial charge in [0.05, 0.1) is 10.7 Å². The predicted octanol–water partition coefficient (Wildman–Crippen LogP) is 2.46. The van der Waals surface area contributed by atoms with Crippen LogP contribution < -0.4 is 5.32 Å². The maximum Gasteiger partial charge on any atom is 0.0900 e. The molecule has 1 N–H and O–H groups in total. The molecule has 0 radical (unpaired) electrons. The SMILES string of the molecule is Cc1nc(C)c(C(C)NCCN2CCSCC2)s1. The molecular formula is C13H23N3S2. The van der Waals surface area contributed by atoms with Crippen molar-refractivity contribution in [1.82, 2.24) is 15.2 Å². The highest BCUT2D eigenvalue weighted by molar-refractivity contribution is 7.99. The van der Waals surface area contributed by atoms with Crippen molar-refractivity contribution in [2.45, 2.75) is 26.8 Å². The van der Waals surface area contributed by atoms with Crippen molar-refractivity contribution in [2.24, 2.45) is 0 Å². The second-order valence-electron chi connectivity index (χ2n) is 4.81. The summed E-state index contributed by atoms with van der Waals surface area (Å²) >= 11 is 3.89. The predicted molar refractivity (Wildman–Crippen MR) is 81.8 cm³/mol. The third-order valence-electron chi connectivity index (χ3n) is 3.31. The van der Waals surface area contributed by atoms with Gasteiger partial charge in [0, 0.05) is 48.6 Å². The summed E-state index contributed by atoms with van der Waals surface area (Å²) in [5.74, 6) is 2.59. The monoisotopic (exact) mass is 285 g/mol. The molecule has 3 nitrogen and oxygen atoms in total. The number of nitrogens with one attached hydrogen (secondary N) is 1. The van der Waals surface area contributed by atoms with E-state index < -0.39 is 0 Å². The van der Waals surface area contributed by atoms with Crippen molar-refractivity contribution in [1.29, 1.82) is 0 Å².